The van der Waals surface area contributed by atoms with Gasteiger partial charge in [-0.05, 0) is 44.8 Å². The normalized spacial score (nSPS) is 15.9. The van der Waals surface area contributed by atoms with E-state index < -0.39 is 0 Å². The van der Waals surface area contributed by atoms with Crippen molar-refractivity contribution in [2.24, 2.45) is 5.92 Å². The van der Waals surface area contributed by atoms with Crippen LogP contribution in [0.15, 0.2) is 24.7 Å². The highest BCUT2D eigenvalue weighted by Gasteiger charge is 2.22. The summed E-state index contributed by atoms with van der Waals surface area (Å²) >= 11 is 0. The number of hydrogen-bond acceptors (Lipinski definition) is 6. The third-order valence-corrected chi connectivity index (χ3v) is 5.12. The van der Waals surface area contributed by atoms with Crippen molar-refractivity contribution in [3.63, 3.8) is 0 Å². The van der Waals surface area contributed by atoms with Crippen LogP contribution < -0.4 is 4.90 Å². The van der Waals surface area contributed by atoms with Crippen molar-refractivity contribution >= 4 is 22.6 Å². The number of Topliss-reactive ketones (excluding diaryl/α,β-unsaturated/α-hetero) is 1. The summed E-state index contributed by atoms with van der Waals surface area (Å²) in [7, 11) is 2.00. The van der Waals surface area contributed by atoms with E-state index in [-0.39, 0.29) is 0 Å². The average Bonchev–Trinajstić information content (AvgIpc) is 2.66. The molecule has 1 aliphatic rings. The quantitative estimate of drug-likeness (QED) is 0.771. The van der Waals surface area contributed by atoms with Gasteiger partial charge in [0, 0.05) is 38.1 Å². The predicted molar refractivity (Wildman–Crippen MR) is 99.7 cm³/mol. The van der Waals surface area contributed by atoms with Crippen molar-refractivity contribution in [1.82, 2.24) is 19.9 Å². The van der Waals surface area contributed by atoms with Gasteiger partial charge < -0.3 is 4.90 Å². The van der Waals surface area contributed by atoms with Gasteiger partial charge >= 0.3 is 0 Å². The van der Waals surface area contributed by atoms with Crippen molar-refractivity contribution < 1.29 is 4.79 Å². The molecule has 6 heteroatoms. The first kappa shape index (κ1) is 17.7. The maximum atomic E-state index is 12.0. The van der Waals surface area contributed by atoms with Gasteiger partial charge in [-0.1, -0.05) is 6.92 Å². The number of pyridine rings is 1. The Bertz CT molecular complexity index is 707. The van der Waals surface area contributed by atoms with Crippen LogP contribution in [0.4, 0.5) is 5.69 Å². The van der Waals surface area contributed by atoms with E-state index in [1.165, 1.54) is 0 Å². The maximum Gasteiger partial charge on any atom is 0.180 e. The monoisotopic (exact) mass is 341 g/mol. The first-order chi connectivity index (χ1) is 12.2. The molecule has 0 aliphatic carbocycles. The number of ketones is 1. The van der Waals surface area contributed by atoms with E-state index in [2.05, 4.69) is 31.7 Å². The number of piperidine rings is 1. The SMILES string of the molecule is CCN(C)CC(=O)CCC1CCN(c2ccnc3nccnc23)CC1. The van der Waals surface area contributed by atoms with E-state index >= 15 is 0 Å². The standard InChI is InChI=1S/C19H27N5O/c1-3-23(2)14-16(25)5-4-15-7-12-24(13-8-15)17-6-9-21-19-18(17)20-10-11-22-19/h6,9-11,15H,3-5,7-8,12-14H2,1-2H3. The van der Waals surface area contributed by atoms with E-state index in [0.717, 1.165) is 50.1 Å². The number of anilines is 1. The second kappa shape index (κ2) is 8.34. The molecule has 3 rings (SSSR count). The molecule has 1 aliphatic heterocycles. The van der Waals surface area contributed by atoms with E-state index in [0.29, 0.717) is 30.3 Å². The zero-order valence-electron chi connectivity index (χ0n) is 15.2. The largest absolute Gasteiger partial charge is 0.370 e. The summed E-state index contributed by atoms with van der Waals surface area (Å²) in [5.41, 5.74) is 2.70. The van der Waals surface area contributed by atoms with Gasteiger partial charge in [0.25, 0.3) is 0 Å². The van der Waals surface area contributed by atoms with Crippen LogP contribution in [-0.4, -0.2) is 58.9 Å². The first-order valence-corrected chi connectivity index (χ1v) is 9.18. The molecule has 0 radical (unpaired) electrons. The predicted octanol–water partition coefficient (Wildman–Crippen LogP) is 2.54. The van der Waals surface area contributed by atoms with Crippen LogP contribution in [-0.2, 0) is 4.79 Å². The molecule has 0 atom stereocenters. The topological polar surface area (TPSA) is 62.2 Å². The fourth-order valence-electron chi connectivity index (χ4n) is 3.44. The zero-order chi connectivity index (χ0) is 17.6. The molecule has 2 aromatic heterocycles. The van der Waals surface area contributed by atoms with Crippen molar-refractivity contribution in [2.45, 2.75) is 32.6 Å². The summed E-state index contributed by atoms with van der Waals surface area (Å²) < 4.78 is 0. The van der Waals surface area contributed by atoms with Crippen molar-refractivity contribution in [3.05, 3.63) is 24.7 Å². The second-order valence-corrected chi connectivity index (χ2v) is 6.90. The minimum Gasteiger partial charge on any atom is -0.370 e. The summed E-state index contributed by atoms with van der Waals surface area (Å²) in [6.45, 7) is 5.59. The van der Waals surface area contributed by atoms with Gasteiger partial charge in [-0.2, -0.15) is 0 Å². The van der Waals surface area contributed by atoms with Gasteiger partial charge in [0.15, 0.2) is 5.65 Å². The van der Waals surface area contributed by atoms with E-state index in [1.807, 2.05) is 13.1 Å². The highest BCUT2D eigenvalue weighted by Crippen LogP contribution is 2.29. The minimum atomic E-state index is 0.363. The van der Waals surface area contributed by atoms with Gasteiger partial charge in [0.2, 0.25) is 0 Å². The van der Waals surface area contributed by atoms with Crippen LogP contribution in [0.5, 0.6) is 0 Å². The molecule has 0 N–H and O–H groups in total. The number of likely N-dealkylation sites (N-methyl/N-ethyl adjacent to an activating group) is 1. The summed E-state index contributed by atoms with van der Waals surface area (Å²) in [5, 5.41) is 0. The first-order valence-electron chi connectivity index (χ1n) is 9.18. The van der Waals surface area contributed by atoms with Crippen molar-refractivity contribution in [2.75, 3.05) is 38.1 Å². The zero-order valence-corrected chi connectivity index (χ0v) is 15.2. The maximum absolute atomic E-state index is 12.0. The Kier molecular flexibility index (Phi) is 5.91. The van der Waals surface area contributed by atoms with Crippen LogP contribution in [0.3, 0.4) is 0 Å². The minimum absolute atomic E-state index is 0.363. The molecular formula is C19H27N5O. The third-order valence-electron chi connectivity index (χ3n) is 5.12. The fraction of sp³-hybridized carbons (Fsp3) is 0.579. The van der Waals surface area contributed by atoms with Crippen LogP contribution in [0.2, 0.25) is 0 Å². The lowest BCUT2D eigenvalue weighted by molar-refractivity contribution is -0.120. The summed E-state index contributed by atoms with van der Waals surface area (Å²) in [6, 6.07) is 2.03. The van der Waals surface area contributed by atoms with Crippen molar-refractivity contribution in [3.8, 4) is 0 Å². The summed E-state index contributed by atoms with van der Waals surface area (Å²) in [6.07, 6.45) is 9.18. The lowest BCUT2D eigenvalue weighted by atomic mass is 9.91. The van der Waals surface area contributed by atoms with Crippen LogP contribution in [0.25, 0.3) is 11.2 Å². The van der Waals surface area contributed by atoms with E-state index in [9.17, 15) is 4.79 Å². The average molecular weight is 341 g/mol. The Morgan fingerprint density at radius 1 is 1.20 bits per heavy atom. The Morgan fingerprint density at radius 2 is 1.92 bits per heavy atom. The Labute approximate surface area is 149 Å². The molecule has 2 aromatic rings. The lowest BCUT2D eigenvalue weighted by Crippen LogP contribution is -2.34. The molecule has 134 valence electrons. The van der Waals surface area contributed by atoms with Gasteiger partial charge in [-0.15, -0.1) is 0 Å². The number of carbonyl (C=O) groups is 1. The van der Waals surface area contributed by atoms with Gasteiger partial charge in [0.1, 0.15) is 11.3 Å². The summed E-state index contributed by atoms with van der Waals surface area (Å²) in [4.78, 5) is 29.5. The highest BCUT2D eigenvalue weighted by molar-refractivity contribution is 5.85. The Hall–Kier alpha value is -2.08. The van der Waals surface area contributed by atoms with Gasteiger partial charge in [0.05, 0.1) is 12.2 Å². The highest BCUT2D eigenvalue weighted by atomic mass is 16.1. The number of carbonyl (C=O) groups excluding carboxylic acids is 1. The number of nitrogens with zero attached hydrogens (tertiary/aromatic N) is 5. The van der Waals surface area contributed by atoms with Gasteiger partial charge in [-0.3, -0.25) is 9.69 Å². The Balaban J connectivity index is 1.53. The number of aromatic nitrogens is 3. The van der Waals surface area contributed by atoms with Crippen LogP contribution >= 0.6 is 0 Å². The smallest absolute Gasteiger partial charge is 0.180 e. The molecular weight excluding hydrogens is 314 g/mol. The van der Waals surface area contributed by atoms with E-state index in [4.69, 9.17) is 0 Å². The lowest BCUT2D eigenvalue weighted by Gasteiger charge is -2.33. The molecule has 1 fully saturated rings. The third kappa shape index (κ3) is 4.51. The number of rotatable bonds is 7. The number of hydrogen-bond donors (Lipinski definition) is 0. The fourth-order valence-corrected chi connectivity index (χ4v) is 3.44. The van der Waals surface area contributed by atoms with Crippen LogP contribution in [0.1, 0.15) is 32.6 Å². The second-order valence-electron chi connectivity index (χ2n) is 6.90. The molecule has 0 amide bonds. The van der Waals surface area contributed by atoms with Gasteiger partial charge in [-0.25, -0.2) is 15.0 Å². The molecule has 3 heterocycles. The molecule has 0 saturated carbocycles. The Morgan fingerprint density at radius 3 is 2.68 bits per heavy atom. The molecule has 6 nitrogen and oxygen atoms in total. The molecule has 0 bridgehead atoms. The molecule has 0 unspecified atom stereocenters. The molecule has 0 spiro atoms. The summed E-state index contributed by atoms with van der Waals surface area (Å²) in [5.74, 6) is 1.01. The van der Waals surface area contributed by atoms with Crippen molar-refractivity contribution in [1.29, 1.82) is 0 Å². The molecule has 25 heavy (non-hydrogen) atoms. The molecule has 1 saturated heterocycles. The van der Waals surface area contributed by atoms with Crippen LogP contribution in [0, 0.1) is 5.92 Å². The van der Waals surface area contributed by atoms with E-state index in [1.54, 1.807) is 18.6 Å². The number of fused-ring (bicyclic) bond motifs is 1. The molecule has 0 aromatic carbocycles.